The molecule has 0 amide bonds. The molecule has 4 nitrogen and oxygen atoms in total. The SMILES string of the molecule is COc1ccc(C(C)NCC2CCCN(C)C2)c(OC)c1. The zero-order valence-corrected chi connectivity index (χ0v) is 13.7. The van der Waals surface area contributed by atoms with Gasteiger partial charge in [0.15, 0.2) is 0 Å². The maximum Gasteiger partial charge on any atom is 0.127 e. The van der Waals surface area contributed by atoms with Gasteiger partial charge in [-0.15, -0.1) is 0 Å². The molecule has 2 rings (SSSR count). The molecule has 0 bridgehead atoms. The van der Waals surface area contributed by atoms with Crippen molar-refractivity contribution >= 4 is 0 Å². The summed E-state index contributed by atoms with van der Waals surface area (Å²) in [6.45, 7) is 5.68. The molecule has 2 unspecified atom stereocenters. The van der Waals surface area contributed by atoms with Crippen LogP contribution in [0.25, 0.3) is 0 Å². The Labute approximate surface area is 128 Å². The fraction of sp³-hybridized carbons (Fsp3) is 0.647. The van der Waals surface area contributed by atoms with Crippen molar-refractivity contribution in [3.8, 4) is 11.5 Å². The maximum absolute atomic E-state index is 5.49. The molecule has 118 valence electrons. The fourth-order valence-corrected chi connectivity index (χ4v) is 3.07. The zero-order chi connectivity index (χ0) is 15.2. The van der Waals surface area contributed by atoms with E-state index >= 15 is 0 Å². The average Bonchev–Trinajstić information content (AvgIpc) is 2.52. The van der Waals surface area contributed by atoms with Gasteiger partial charge >= 0.3 is 0 Å². The van der Waals surface area contributed by atoms with Crippen molar-refractivity contribution in [1.29, 1.82) is 0 Å². The molecule has 4 heteroatoms. The zero-order valence-electron chi connectivity index (χ0n) is 13.7. The molecule has 1 N–H and O–H groups in total. The van der Waals surface area contributed by atoms with Gasteiger partial charge in [0.1, 0.15) is 11.5 Å². The van der Waals surface area contributed by atoms with Crippen LogP contribution < -0.4 is 14.8 Å². The van der Waals surface area contributed by atoms with Crippen molar-refractivity contribution in [3.63, 3.8) is 0 Å². The van der Waals surface area contributed by atoms with E-state index in [4.69, 9.17) is 9.47 Å². The summed E-state index contributed by atoms with van der Waals surface area (Å²) in [7, 11) is 5.60. The molecule has 0 radical (unpaired) electrons. The van der Waals surface area contributed by atoms with Crippen LogP contribution in [0.1, 0.15) is 31.4 Å². The number of likely N-dealkylation sites (tertiary alicyclic amines) is 1. The standard InChI is InChI=1S/C17H28N2O2/c1-13(18-11-14-6-5-9-19(2)12-14)16-8-7-15(20-3)10-17(16)21-4/h7-8,10,13-14,18H,5-6,9,11-12H2,1-4H3. The molecule has 1 fully saturated rings. The Bertz CT molecular complexity index is 450. The lowest BCUT2D eigenvalue weighted by Gasteiger charge is -2.31. The minimum atomic E-state index is 0.276. The van der Waals surface area contributed by atoms with Crippen LogP contribution >= 0.6 is 0 Å². The molecule has 1 aliphatic rings. The molecule has 0 saturated carbocycles. The number of methoxy groups -OCH3 is 2. The fourth-order valence-electron chi connectivity index (χ4n) is 3.07. The third-order valence-corrected chi connectivity index (χ3v) is 4.34. The number of nitrogens with zero attached hydrogens (tertiary/aromatic N) is 1. The van der Waals surface area contributed by atoms with Gasteiger partial charge in [0.2, 0.25) is 0 Å². The van der Waals surface area contributed by atoms with Gasteiger partial charge in [-0.1, -0.05) is 6.07 Å². The Morgan fingerprint density at radius 2 is 2.14 bits per heavy atom. The molecule has 1 aromatic rings. The second-order valence-corrected chi connectivity index (χ2v) is 6.01. The van der Waals surface area contributed by atoms with Crippen LogP contribution in [0.2, 0.25) is 0 Å². The first kappa shape index (κ1) is 16.1. The number of ether oxygens (including phenoxy) is 2. The molecule has 1 saturated heterocycles. The van der Waals surface area contributed by atoms with E-state index in [1.54, 1.807) is 14.2 Å². The highest BCUT2D eigenvalue weighted by Gasteiger charge is 2.19. The first-order valence-electron chi connectivity index (χ1n) is 7.78. The van der Waals surface area contributed by atoms with Crippen LogP contribution in [-0.2, 0) is 0 Å². The molecule has 21 heavy (non-hydrogen) atoms. The van der Waals surface area contributed by atoms with Gasteiger partial charge in [-0.2, -0.15) is 0 Å². The molecule has 1 aliphatic heterocycles. The minimum Gasteiger partial charge on any atom is -0.497 e. The number of nitrogens with one attached hydrogen (secondary N) is 1. The molecular weight excluding hydrogens is 264 g/mol. The Balaban J connectivity index is 1.94. The summed E-state index contributed by atoms with van der Waals surface area (Å²) in [6, 6.07) is 6.30. The molecule has 2 atom stereocenters. The largest absolute Gasteiger partial charge is 0.497 e. The number of hydrogen-bond donors (Lipinski definition) is 1. The molecule has 0 spiro atoms. The van der Waals surface area contributed by atoms with Crippen LogP contribution in [0.3, 0.4) is 0 Å². The number of hydrogen-bond acceptors (Lipinski definition) is 4. The third kappa shape index (κ3) is 4.35. The van der Waals surface area contributed by atoms with Gasteiger partial charge in [-0.05, 0) is 51.9 Å². The van der Waals surface area contributed by atoms with Crippen molar-refractivity contribution < 1.29 is 9.47 Å². The molecule has 1 heterocycles. The molecule has 0 aromatic heterocycles. The molecule has 1 aromatic carbocycles. The van der Waals surface area contributed by atoms with Crippen molar-refractivity contribution in [2.45, 2.75) is 25.8 Å². The van der Waals surface area contributed by atoms with Crippen LogP contribution in [0, 0.1) is 5.92 Å². The smallest absolute Gasteiger partial charge is 0.127 e. The topological polar surface area (TPSA) is 33.7 Å². The summed E-state index contributed by atoms with van der Waals surface area (Å²) in [5.74, 6) is 2.46. The normalized spacial score (nSPS) is 21.0. The van der Waals surface area contributed by atoms with E-state index in [2.05, 4.69) is 30.3 Å². The summed E-state index contributed by atoms with van der Waals surface area (Å²) in [6.07, 6.45) is 2.63. The monoisotopic (exact) mass is 292 g/mol. The van der Waals surface area contributed by atoms with Crippen molar-refractivity contribution in [3.05, 3.63) is 23.8 Å². The van der Waals surface area contributed by atoms with Crippen LogP contribution in [-0.4, -0.2) is 45.8 Å². The lowest BCUT2D eigenvalue weighted by Crippen LogP contribution is -2.38. The summed E-state index contributed by atoms with van der Waals surface area (Å²) >= 11 is 0. The predicted molar refractivity (Wildman–Crippen MR) is 86.2 cm³/mol. The minimum absolute atomic E-state index is 0.276. The predicted octanol–water partition coefficient (Wildman–Crippen LogP) is 2.70. The van der Waals surface area contributed by atoms with Gasteiger partial charge in [0, 0.05) is 24.2 Å². The van der Waals surface area contributed by atoms with Crippen LogP contribution in [0.4, 0.5) is 0 Å². The van der Waals surface area contributed by atoms with Crippen LogP contribution in [0.15, 0.2) is 18.2 Å². The quantitative estimate of drug-likeness (QED) is 0.874. The number of piperidine rings is 1. The van der Waals surface area contributed by atoms with E-state index in [9.17, 15) is 0 Å². The summed E-state index contributed by atoms with van der Waals surface area (Å²) < 4.78 is 10.7. The second kappa shape index (κ2) is 7.66. The highest BCUT2D eigenvalue weighted by Crippen LogP contribution is 2.29. The summed E-state index contributed by atoms with van der Waals surface area (Å²) in [4.78, 5) is 2.43. The Morgan fingerprint density at radius 1 is 1.33 bits per heavy atom. The number of benzene rings is 1. The molecular formula is C17H28N2O2. The Kier molecular flexibility index (Phi) is 5.88. The van der Waals surface area contributed by atoms with Gasteiger partial charge in [0.25, 0.3) is 0 Å². The van der Waals surface area contributed by atoms with E-state index < -0.39 is 0 Å². The van der Waals surface area contributed by atoms with E-state index in [0.717, 1.165) is 24.0 Å². The number of rotatable bonds is 6. The van der Waals surface area contributed by atoms with Crippen LogP contribution in [0.5, 0.6) is 11.5 Å². The van der Waals surface area contributed by atoms with E-state index in [1.807, 2.05) is 12.1 Å². The second-order valence-electron chi connectivity index (χ2n) is 6.01. The van der Waals surface area contributed by atoms with E-state index in [1.165, 1.54) is 31.5 Å². The van der Waals surface area contributed by atoms with Gasteiger partial charge < -0.3 is 19.7 Å². The van der Waals surface area contributed by atoms with Gasteiger partial charge in [-0.3, -0.25) is 0 Å². The van der Waals surface area contributed by atoms with Crippen molar-refractivity contribution in [2.75, 3.05) is 40.9 Å². The average molecular weight is 292 g/mol. The first-order chi connectivity index (χ1) is 10.1. The first-order valence-corrected chi connectivity index (χ1v) is 7.78. The highest BCUT2D eigenvalue weighted by molar-refractivity contribution is 5.42. The summed E-state index contributed by atoms with van der Waals surface area (Å²) in [5.41, 5.74) is 1.18. The maximum atomic E-state index is 5.49. The van der Waals surface area contributed by atoms with E-state index in [0.29, 0.717) is 0 Å². The molecule has 0 aliphatic carbocycles. The van der Waals surface area contributed by atoms with Gasteiger partial charge in [-0.25, -0.2) is 0 Å². The van der Waals surface area contributed by atoms with Crippen molar-refractivity contribution in [2.24, 2.45) is 5.92 Å². The lowest BCUT2D eigenvalue weighted by molar-refractivity contribution is 0.203. The van der Waals surface area contributed by atoms with E-state index in [-0.39, 0.29) is 6.04 Å². The summed E-state index contributed by atoms with van der Waals surface area (Å²) in [5, 5.41) is 3.65. The Morgan fingerprint density at radius 3 is 2.81 bits per heavy atom. The van der Waals surface area contributed by atoms with Crippen molar-refractivity contribution in [1.82, 2.24) is 10.2 Å². The Hall–Kier alpha value is -1.26. The van der Waals surface area contributed by atoms with Gasteiger partial charge in [0.05, 0.1) is 14.2 Å². The highest BCUT2D eigenvalue weighted by atomic mass is 16.5. The third-order valence-electron chi connectivity index (χ3n) is 4.34. The lowest BCUT2D eigenvalue weighted by atomic mass is 9.97.